The lowest BCUT2D eigenvalue weighted by Crippen LogP contribution is -2.03. The third-order valence-electron chi connectivity index (χ3n) is 2.19. The zero-order valence-electron chi connectivity index (χ0n) is 9.78. The number of hydrogen-bond donors (Lipinski definition) is 1. The molecule has 0 aliphatic carbocycles. The molecule has 1 atom stereocenters. The van der Waals surface area contributed by atoms with E-state index in [2.05, 4.69) is 31.2 Å². The molecule has 0 saturated carbocycles. The van der Waals surface area contributed by atoms with Crippen LogP contribution in [0.2, 0.25) is 0 Å². The van der Waals surface area contributed by atoms with E-state index in [-0.39, 0.29) is 12.3 Å². The summed E-state index contributed by atoms with van der Waals surface area (Å²) in [7, 11) is 0. The van der Waals surface area contributed by atoms with Crippen LogP contribution in [-0.4, -0.2) is 11.1 Å². The minimum Gasteiger partial charge on any atom is -0.481 e. The normalized spacial score (nSPS) is 13.7. The lowest BCUT2D eigenvalue weighted by Gasteiger charge is -2.04. The number of rotatable bonds is 8. The van der Waals surface area contributed by atoms with E-state index in [1.807, 2.05) is 6.92 Å². The van der Waals surface area contributed by atoms with Gasteiger partial charge in [0.05, 0.1) is 0 Å². The molecule has 1 N–H and O–H groups in total. The second-order valence-electron chi connectivity index (χ2n) is 3.87. The van der Waals surface area contributed by atoms with E-state index in [1.54, 1.807) is 0 Å². The lowest BCUT2D eigenvalue weighted by molar-refractivity contribution is -0.138. The first-order valence-corrected chi connectivity index (χ1v) is 5.68. The molecule has 0 aromatic carbocycles. The van der Waals surface area contributed by atoms with Crippen LogP contribution in [0.5, 0.6) is 0 Å². The van der Waals surface area contributed by atoms with E-state index >= 15 is 0 Å². The van der Waals surface area contributed by atoms with Gasteiger partial charge in [-0.2, -0.15) is 0 Å². The van der Waals surface area contributed by atoms with Crippen molar-refractivity contribution in [3.05, 3.63) is 24.3 Å². The molecule has 1 unspecified atom stereocenters. The summed E-state index contributed by atoms with van der Waals surface area (Å²) >= 11 is 0. The summed E-state index contributed by atoms with van der Waals surface area (Å²) in [5, 5.41) is 8.56. The van der Waals surface area contributed by atoms with Crippen molar-refractivity contribution in [3.63, 3.8) is 0 Å². The molecule has 0 radical (unpaired) electrons. The van der Waals surface area contributed by atoms with Gasteiger partial charge in [0, 0.05) is 6.42 Å². The molecule has 86 valence electrons. The highest BCUT2D eigenvalue weighted by Gasteiger charge is 2.05. The third kappa shape index (κ3) is 10.9. The highest BCUT2D eigenvalue weighted by Crippen LogP contribution is 2.10. The van der Waals surface area contributed by atoms with Gasteiger partial charge < -0.3 is 5.11 Å². The molecule has 0 rings (SSSR count). The second kappa shape index (κ2) is 9.50. The average Bonchev–Trinajstić information content (AvgIpc) is 2.15. The Morgan fingerprint density at radius 1 is 1.27 bits per heavy atom. The van der Waals surface area contributed by atoms with E-state index in [4.69, 9.17) is 5.11 Å². The molecule has 0 aromatic heterocycles. The van der Waals surface area contributed by atoms with Crippen LogP contribution in [-0.2, 0) is 4.79 Å². The van der Waals surface area contributed by atoms with Crippen molar-refractivity contribution in [1.82, 2.24) is 0 Å². The van der Waals surface area contributed by atoms with Gasteiger partial charge in [-0.25, -0.2) is 0 Å². The van der Waals surface area contributed by atoms with Crippen molar-refractivity contribution in [2.75, 3.05) is 0 Å². The molecular weight excluding hydrogens is 188 g/mol. The molecule has 2 nitrogen and oxygen atoms in total. The van der Waals surface area contributed by atoms with Crippen LogP contribution in [0.25, 0.3) is 0 Å². The summed E-state index contributed by atoms with van der Waals surface area (Å²) in [6, 6.07) is 0. The zero-order chi connectivity index (χ0) is 11.5. The quantitative estimate of drug-likeness (QED) is 0.619. The van der Waals surface area contributed by atoms with E-state index in [1.165, 1.54) is 0 Å². The molecule has 0 aromatic rings. The Bertz CT molecular complexity index is 217. The van der Waals surface area contributed by atoms with E-state index in [0.717, 1.165) is 25.7 Å². The molecular formula is C13H22O2. The van der Waals surface area contributed by atoms with Crippen LogP contribution in [0.1, 0.15) is 46.0 Å². The Kier molecular flexibility index (Phi) is 8.84. The van der Waals surface area contributed by atoms with Crippen molar-refractivity contribution < 1.29 is 9.90 Å². The first-order valence-electron chi connectivity index (χ1n) is 5.68. The Hall–Kier alpha value is -1.05. The van der Waals surface area contributed by atoms with Crippen LogP contribution in [0, 0.1) is 5.92 Å². The van der Waals surface area contributed by atoms with Crippen LogP contribution >= 0.6 is 0 Å². The van der Waals surface area contributed by atoms with Gasteiger partial charge in [-0.05, 0) is 31.6 Å². The van der Waals surface area contributed by atoms with Crippen molar-refractivity contribution in [1.29, 1.82) is 0 Å². The fourth-order valence-electron chi connectivity index (χ4n) is 1.34. The Morgan fingerprint density at radius 3 is 2.53 bits per heavy atom. The van der Waals surface area contributed by atoms with Crippen molar-refractivity contribution >= 4 is 5.97 Å². The summed E-state index contributed by atoms with van der Waals surface area (Å²) in [6.45, 7) is 4.10. The lowest BCUT2D eigenvalue weighted by atomic mass is 10.0. The number of carboxylic acid groups (broad SMARTS) is 1. The second-order valence-corrected chi connectivity index (χ2v) is 3.87. The summed E-state index contributed by atoms with van der Waals surface area (Å²) in [5.41, 5.74) is 0. The van der Waals surface area contributed by atoms with Crippen molar-refractivity contribution in [3.8, 4) is 0 Å². The van der Waals surface area contributed by atoms with E-state index in [0.29, 0.717) is 0 Å². The van der Waals surface area contributed by atoms with Gasteiger partial charge in [0.1, 0.15) is 0 Å². The maximum absolute atomic E-state index is 10.4. The van der Waals surface area contributed by atoms with E-state index in [9.17, 15) is 4.79 Å². The molecule has 2 heteroatoms. The SMILES string of the molecule is CCC=CCC=CCCC(C)CC(=O)O. The summed E-state index contributed by atoms with van der Waals surface area (Å²) in [6.07, 6.45) is 12.9. The fourth-order valence-corrected chi connectivity index (χ4v) is 1.34. The molecule has 0 spiro atoms. The molecule has 0 bridgehead atoms. The zero-order valence-corrected chi connectivity index (χ0v) is 9.78. The summed E-state index contributed by atoms with van der Waals surface area (Å²) in [4.78, 5) is 10.4. The van der Waals surface area contributed by atoms with Gasteiger partial charge in [0.15, 0.2) is 0 Å². The molecule has 15 heavy (non-hydrogen) atoms. The Balaban J connectivity index is 3.43. The number of aliphatic carboxylic acids is 1. The number of carboxylic acids is 1. The van der Waals surface area contributed by atoms with Gasteiger partial charge >= 0.3 is 5.97 Å². The smallest absolute Gasteiger partial charge is 0.303 e. The maximum atomic E-state index is 10.4. The first kappa shape index (κ1) is 13.9. The van der Waals surface area contributed by atoms with Crippen LogP contribution in [0.4, 0.5) is 0 Å². The summed E-state index contributed by atoms with van der Waals surface area (Å²) in [5.74, 6) is -0.421. The van der Waals surface area contributed by atoms with Gasteiger partial charge in [0.2, 0.25) is 0 Å². The molecule has 0 heterocycles. The molecule has 0 aliphatic rings. The van der Waals surface area contributed by atoms with Crippen LogP contribution in [0.3, 0.4) is 0 Å². The topological polar surface area (TPSA) is 37.3 Å². The predicted molar refractivity (Wildman–Crippen MR) is 63.8 cm³/mol. The minimum absolute atomic E-state index is 0.276. The van der Waals surface area contributed by atoms with Crippen LogP contribution < -0.4 is 0 Å². The third-order valence-corrected chi connectivity index (χ3v) is 2.19. The van der Waals surface area contributed by atoms with Gasteiger partial charge in [-0.15, -0.1) is 0 Å². The van der Waals surface area contributed by atoms with Gasteiger partial charge in [0.25, 0.3) is 0 Å². The largest absolute Gasteiger partial charge is 0.481 e. The van der Waals surface area contributed by atoms with Crippen molar-refractivity contribution in [2.24, 2.45) is 5.92 Å². The average molecular weight is 210 g/mol. The number of allylic oxidation sites excluding steroid dienone is 4. The van der Waals surface area contributed by atoms with Gasteiger partial charge in [-0.3, -0.25) is 4.79 Å². The van der Waals surface area contributed by atoms with Crippen LogP contribution in [0.15, 0.2) is 24.3 Å². The Labute approximate surface area is 92.7 Å². The highest BCUT2D eigenvalue weighted by molar-refractivity contribution is 5.66. The molecule has 0 fully saturated rings. The van der Waals surface area contributed by atoms with Crippen molar-refractivity contribution in [2.45, 2.75) is 46.0 Å². The van der Waals surface area contributed by atoms with Gasteiger partial charge in [-0.1, -0.05) is 38.2 Å². The maximum Gasteiger partial charge on any atom is 0.303 e. The first-order chi connectivity index (χ1) is 7.16. The Morgan fingerprint density at radius 2 is 1.93 bits per heavy atom. The molecule has 0 aliphatic heterocycles. The standard InChI is InChI=1S/C13H22O2/c1-3-4-5-6-7-8-9-10-12(2)11-13(14)15/h4-5,7-8,12H,3,6,9-11H2,1-2H3,(H,14,15). The van der Waals surface area contributed by atoms with E-state index < -0.39 is 5.97 Å². The summed E-state index contributed by atoms with van der Waals surface area (Å²) < 4.78 is 0. The monoisotopic (exact) mass is 210 g/mol. The molecule has 0 saturated heterocycles. The number of carbonyl (C=O) groups is 1. The molecule has 0 amide bonds. The minimum atomic E-state index is -0.697. The predicted octanol–water partition coefficient (Wildman–Crippen LogP) is 3.79. The number of hydrogen-bond acceptors (Lipinski definition) is 1. The fraction of sp³-hybridized carbons (Fsp3) is 0.615. The highest BCUT2D eigenvalue weighted by atomic mass is 16.4.